The van der Waals surface area contributed by atoms with Gasteiger partial charge in [-0.15, -0.1) is 0 Å². The molecule has 1 rings (SSSR count). The summed E-state index contributed by atoms with van der Waals surface area (Å²) >= 11 is 6.04. The van der Waals surface area contributed by atoms with Crippen molar-refractivity contribution < 1.29 is 4.79 Å². The van der Waals surface area contributed by atoms with Crippen LogP contribution in [0.5, 0.6) is 0 Å². The van der Waals surface area contributed by atoms with Crippen LogP contribution in [-0.4, -0.2) is 14.4 Å². The Morgan fingerprint density at radius 1 is 1.86 bits per heavy atom. The molecule has 0 radical (unpaired) electrons. The summed E-state index contributed by atoms with van der Waals surface area (Å²) < 4.78 is 0.604. The molecule has 1 aliphatic heterocycles. The monoisotopic (exact) mass is 198 g/mol. The van der Waals surface area contributed by atoms with Crippen LogP contribution >= 0.6 is 39.5 Å². The first kappa shape index (κ1) is 5.98. The molecule has 1 fully saturated rings. The van der Waals surface area contributed by atoms with Gasteiger partial charge in [-0.3, -0.25) is 4.79 Å². The van der Waals surface area contributed by atoms with Crippen LogP contribution in [0.1, 0.15) is 0 Å². The summed E-state index contributed by atoms with van der Waals surface area (Å²) in [6, 6.07) is 0. The number of hydrogen-bond acceptors (Lipinski definition) is 3. The Morgan fingerprint density at radius 3 is 2.71 bits per heavy atom. The lowest BCUT2D eigenvalue weighted by atomic mass is 11.0. The molecule has 1 heterocycles. The van der Waals surface area contributed by atoms with E-state index in [2.05, 4.69) is 15.9 Å². The summed E-state index contributed by atoms with van der Waals surface area (Å²) in [6.07, 6.45) is 0. The summed E-state index contributed by atoms with van der Waals surface area (Å²) in [5.41, 5.74) is 0. The summed E-state index contributed by atoms with van der Waals surface area (Å²) in [7, 11) is 0. The zero-order valence-corrected chi connectivity index (χ0v) is 6.61. The highest BCUT2D eigenvalue weighted by Gasteiger charge is 2.20. The average Bonchev–Trinajstić information content (AvgIpc) is 1.87. The number of hydrogen-bond donors (Lipinski definition) is 0. The number of thioether (sulfide) groups is 2. The van der Waals surface area contributed by atoms with E-state index in [-0.39, 0.29) is 4.45 Å². The Morgan fingerprint density at radius 2 is 2.57 bits per heavy atom. The molecule has 0 aromatic rings. The largest absolute Gasteiger partial charge is 0.274 e. The minimum Gasteiger partial charge on any atom is -0.274 e. The molecule has 0 amide bonds. The molecule has 40 valence electrons. The highest BCUT2D eigenvalue weighted by Crippen LogP contribution is 2.35. The normalized spacial score (nSPS) is 31.6. The zero-order chi connectivity index (χ0) is 5.28. The summed E-state index contributed by atoms with van der Waals surface area (Å²) in [5.74, 6) is 0.920. The quantitative estimate of drug-likeness (QED) is 0.557. The molecular weight excluding hydrogens is 196 g/mol. The van der Waals surface area contributed by atoms with E-state index in [4.69, 9.17) is 0 Å². The van der Waals surface area contributed by atoms with Crippen LogP contribution < -0.4 is 0 Å². The van der Waals surface area contributed by atoms with E-state index < -0.39 is 0 Å². The van der Waals surface area contributed by atoms with Crippen molar-refractivity contribution in [3.05, 3.63) is 0 Å². The molecule has 0 aliphatic carbocycles. The number of halogens is 1. The molecule has 1 unspecified atom stereocenters. The van der Waals surface area contributed by atoms with E-state index in [0.717, 1.165) is 5.75 Å². The summed E-state index contributed by atoms with van der Waals surface area (Å²) in [6.45, 7) is 0. The first-order valence-corrected chi connectivity index (χ1v) is 4.54. The van der Waals surface area contributed by atoms with Gasteiger partial charge >= 0.3 is 0 Å². The maximum atomic E-state index is 10.3. The van der Waals surface area contributed by atoms with Gasteiger partial charge < -0.3 is 0 Å². The van der Waals surface area contributed by atoms with Gasteiger partial charge in [0, 0.05) is 5.75 Å². The first-order valence-electron chi connectivity index (χ1n) is 1.76. The van der Waals surface area contributed by atoms with Crippen molar-refractivity contribution >= 4 is 43.9 Å². The Labute approximate surface area is 58.7 Å². The Hall–Kier alpha value is 0.850. The maximum Gasteiger partial charge on any atom is 0.247 e. The second-order valence-corrected chi connectivity index (χ2v) is 5.23. The number of carbonyl (C=O) groups is 1. The zero-order valence-electron chi connectivity index (χ0n) is 3.39. The van der Waals surface area contributed by atoms with Gasteiger partial charge in [-0.05, 0) is 0 Å². The fourth-order valence-electron chi connectivity index (χ4n) is 0.306. The second kappa shape index (κ2) is 2.42. The second-order valence-electron chi connectivity index (χ2n) is 1.09. The molecule has 0 aromatic heterocycles. The lowest BCUT2D eigenvalue weighted by molar-refractivity contribution is 0.277. The minimum absolute atomic E-state index is 0.238. The van der Waals surface area contributed by atoms with Crippen LogP contribution in [-0.2, 0) is 0 Å². The highest BCUT2D eigenvalue weighted by molar-refractivity contribution is 9.12. The van der Waals surface area contributed by atoms with Crippen molar-refractivity contribution in [2.75, 3.05) is 5.75 Å². The molecule has 1 saturated heterocycles. The van der Waals surface area contributed by atoms with E-state index in [9.17, 15) is 4.79 Å². The average molecular weight is 199 g/mol. The van der Waals surface area contributed by atoms with Gasteiger partial charge in [0.2, 0.25) is 4.45 Å². The van der Waals surface area contributed by atoms with E-state index in [0.29, 0.717) is 4.16 Å². The van der Waals surface area contributed by atoms with Crippen molar-refractivity contribution in [3.8, 4) is 0 Å². The van der Waals surface area contributed by atoms with E-state index in [1.807, 2.05) is 0 Å². The summed E-state index contributed by atoms with van der Waals surface area (Å²) in [4.78, 5) is 10.3. The molecule has 1 nitrogen and oxygen atoms in total. The van der Waals surface area contributed by atoms with Gasteiger partial charge in [-0.25, -0.2) is 0 Å². The van der Waals surface area contributed by atoms with E-state index in [1.165, 1.54) is 23.5 Å². The van der Waals surface area contributed by atoms with Crippen molar-refractivity contribution in [1.82, 2.24) is 0 Å². The fraction of sp³-hybridized carbons (Fsp3) is 0.667. The number of carbonyl (C=O) groups excluding carboxylic acids is 1. The number of alkyl halides is 1. The predicted octanol–water partition coefficient (Wildman–Crippen LogP) is 2.31. The molecule has 1 atom stereocenters. The van der Waals surface area contributed by atoms with Crippen LogP contribution in [0.3, 0.4) is 0 Å². The fourth-order valence-corrected chi connectivity index (χ4v) is 3.36. The van der Waals surface area contributed by atoms with E-state index in [1.54, 1.807) is 0 Å². The molecule has 0 N–H and O–H groups in total. The molecule has 0 bridgehead atoms. The van der Waals surface area contributed by atoms with Gasteiger partial charge in [0.1, 0.15) is 0 Å². The molecular formula is C3H3BrOS2. The molecule has 0 spiro atoms. The van der Waals surface area contributed by atoms with Crippen LogP contribution in [0.25, 0.3) is 0 Å². The van der Waals surface area contributed by atoms with Crippen molar-refractivity contribution in [2.24, 2.45) is 0 Å². The van der Waals surface area contributed by atoms with Crippen LogP contribution in [0.15, 0.2) is 0 Å². The molecule has 7 heavy (non-hydrogen) atoms. The maximum absolute atomic E-state index is 10.3. The van der Waals surface area contributed by atoms with Crippen molar-refractivity contribution in [2.45, 2.75) is 4.16 Å². The Kier molecular flexibility index (Phi) is 2.06. The molecule has 0 saturated carbocycles. The molecule has 4 heteroatoms. The van der Waals surface area contributed by atoms with Gasteiger partial charge in [0.25, 0.3) is 0 Å². The van der Waals surface area contributed by atoms with Gasteiger partial charge in [0.05, 0.1) is 4.16 Å². The third-order valence-electron chi connectivity index (χ3n) is 0.556. The lowest BCUT2D eigenvalue weighted by Gasteiger charge is -1.85. The van der Waals surface area contributed by atoms with E-state index >= 15 is 0 Å². The van der Waals surface area contributed by atoms with Crippen LogP contribution in [0.4, 0.5) is 4.79 Å². The topological polar surface area (TPSA) is 17.1 Å². The Balaban J connectivity index is 2.40. The molecule has 1 aliphatic rings. The predicted molar refractivity (Wildman–Crippen MR) is 38.2 cm³/mol. The molecule has 0 aromatic carbocycles. The van der Waals surface area contributed by atoms with Crippen molar-refractivity contribution in [1.29, 1.82) is 0 Å². The smallest absolute Gasteiger partial charge is 0.247 e. The number of rotatable bonds is 0. The lowest BCUT2D eigenvalue weighted by Crippen LogP contribution is -1.82. The first-order chi connectivity index (χ1) is 3.29. The van der Waals surface area contributed by atoms with Crippen LogP contribution in [0, 0.1) is 0 Å². The van der Waals surface area contributed by atoms with Crippen LogP contribution in [0.2, 0.25) is 0 Å². The third-order valence-corrected chi connectivity index (χ3v) is 4.07. The van der Waals surface area contributed by atoms with Gasteiger partial charge in [-0.2, -0.15) is 0 Å². The Bertz CT molecular complexity index is 94.9. The SMILES string of the molecule is O=C1SCC(Br)S1. The third kappa shape index (κ3) is 1.66. The standard InChI is InChI=1S/C3H3BrOS2/c4-2-1-6-3(5)7-2/h2H,1H2. The summed E-state index contributed by atoms with van der Waals surface area (Å²) in [5, 5.41) is 0. The minimum atomic E-state index is 0.238. The highest BCUT2D eigenvalue weighted by atomic mass is 79.9. The van der Waals surface area contributed by atoms with Gasteiger partial charge in [0.15, 0.2) is 0 Å². The van der Waals surface area contributed by atoms with Crippen molar-refractivity contribution in [3.63, 3.8) is 0 Å². The van der Waals surface area contributed by atoms with Gasteiger partial charge in [-0.1, -0.05) is 39.5 Å².